The number of piperazine rings is 1. The number of amides is 2. The van der Waals surface area contributed by atoms with Crippen molar-refractivity contribution in [3.05, 3.63) is 34.9 Å². The van der Waals surface area contributed by atoms with E-state index in [9.17, 15) is 9.59 Å². The summed E-state index contributed by atoms with van der Waals surface area (Å²) in [4.78, 5) is 29.6. The third-order valence-electron chi connectivity index (χ3n) is 6.07. The van der Waals surface area contributed by atoms with Crippen LogP contribution in [-0.2, 0) is 15.0 Å². The molecule has 0 bridgehead atoms. The first kappa shape index (κ1) is 16.9. The van der Waals surface area contributed by atoms with Crippen molar-refractivity contribution in [2.24, 2.45) is 5.92 Å². The molecule has 0 spiro atoms. The molecule has 2 amide bonds. The van der Waals surface area contributed by atoms with Crippen molar-refractivity contribution >= 4 is 23.4 Å². The minimum atomic E-state index is -0.396. The first-order valence-electron chi connectivity index (χ1n) is 9.44. The van der Waals surface area contributed by atoms with Crippen molar-refractivity contribution < 1.29 is 9.59 Å². The first-order valence-corrected chi connectivity index (χ1v) is 9.82. The summed E-state index contributed by atoms with van der Waals surface area (Å²) >= 11 is 6.04. The Bertz CT molecular complexity index is 655. The lowest BCUT2D eigenvalue weighted by Gasteiger charge is -2.40. The number of carbonyl (C=O) groups is 2. The van der Waals surface area contributed by atoms with Crippen molar-refractivity contribution in [3.63, 3.8) is 0 Å². The molecule has 1 aromatic rings. The van der Waals surface area contributed by atoms with Gasteiger partial charge in [-0.2, -0.15) is 0 Å². The summed E-state index contributed by atoms with van der Waals surface area (Å²) in [6.07, 6.45) is 6.08. The van der Waals surface area contributed by atoms with Crippen molar-refractivity contribution in [1.82, 2.24) is 9.80 Å². The van der Waals surface area contributed by atoms with Crippen LogP contribution in [0.15, 0.2) is 24.3 Å². The summed E-state index contributed by atoms with van der Waals surface area (Å²) < 4.78 is 0. The van der Waals surface area contributed by atoms with Gasteiger partial charge in [0.2, 0.25) is 11.8 Å². The maximum Gasteiger partial charge on any atom is 0.233 e. The van der Waals surface area contributed by atoms with Gasteiger partial charge in [0.1, 0.15) is 0 Å². The highest BCUT2D eigenvalue weighted by Gasteiger charge is 2.45. The third-order valence-corrected chi connectivity index (χ3v) is 6.32. The zero-order chi connectivity index (χ0) is 17.4. The van der Waals surface area contributed by atoms with Gasteiger partial charge in [-0.3, -0.25) is 9.59 Å². The fourth-order valence-electron chi connectivity index (χ4n) is 4.39. The fraction of sp³-hybridized carbons (Fsp3) is 0.600. The van der Waals surface area contributed by atoms with Crippen LogP contribution in [0.5, 0.6) is 0 Å². The summed E-state index contributed by atoms with van der Waals surface area (Å²) in [7, 11) is 0. The van der Waals surface area contributed by atoms with Crippen LogP contribution in [0.25, 0.3) is 0 Å². The molecule has 2 aliphatic carbocycles. The molecule has 1 heterocycles. The number of carbonyl (C=O) groups excluding carboxylic acids is 2. The molecule has 2 saturated carbocycles. The molecule has 5 heteroatoms. The zero-order valence-corrected chi connectivity index (χ0v) is 15.3. The van der Waals surface area contributed by atoms with E-state index in [2.05, 4.69) is 0 Å². The maximum absolute atomic E-state index is 13.4. The Labute approximate surface area is 154 Å². The predicted octanol–water partition coefficient (Wildman–Crippen LogP) is 3.23. The highest BCUT2D eigenvalue weighted by Crippen LogP contribution is 2.43. The lowest BCUT2D eigenvalue weighted by atomic mass is 9.77. The van der Waals surface area contributed by atoms with Crippen LogP contribution in [0.4, 0.5) is 0 Å². The maximum atomic E-state index is 13.4. The van der Waals surface area contributed by atoms with E-state index < -0.39 is 5.41 Å². The predicted molar refractivity (Wildman–Crippen MR) is 97.5 cm³/mol. The molecule has 134 valence electrons. The van der Waals surface area contributed by atoms with Gasteiger partial charge in [0.15, 0.2) is 0 Å². The van der Waals surface area contributed by atoms with E-state index >= 15 is 0 Å². The van der Waals surface area contributed by atoms with E-state index in [1.165, 1.54) is 0 Å². The Balaban J connectivity index is 1.48. The van der Waals surface area contributed by atoms with E-state index in [1.807, 2.05) is 34.1 Å². The van der Waals surface area contributed by atoms with Crippen molar-refractivity contribution in [3.8, 4) is 0 Å². The Kier molecular flexibility index (Phi) is 4.48. The molecular weight excluding hydrogens is 336 g/mol. The second kappa shape index (κ2) is 6.64. The molecule has 0 aromatic heterocycles. The number of nitrogens with zero attached hydrogens (tertiary/aromatic N) is 2. The Morgan fingerprint density at radius 3 is 2.04 bits per heavy atom. The molecule has 4 nitrogen and oxygen atoms in total. The molecule has 1 aliphatic heterocycles. The molecule has 0 N–H and O–H groups in total. The van der Waals surface area contributed by atoms with Crippen LogP contribution in [0.3, 0.4) is 0 Å². The summed E-state index contributed by atoms with van der Waals surface area (Å²) in [5, 5.41) is 0.705. The van der Waals surface area contributed by atoms with Crippen molar-refractivity contribution in [1.29, 1.82) is 0 Å². The van der Waals surface area contributed by atoms with E-state index in [0.717, 1.165) is 44.1 Å². The average molecular weight is 361 g/mol. The van der Waals surface area contributed by atoms with E-state index in [0.29, 0.717) is 37.1 Å². The van der Waals surface area contributed by atoms with Gasteiger partial charge >= 0.3 is 0 Å². The van der Waals surface area contributed by atoms with Crippen LogP contribution in [-0.4, -0.2) is 47.8 Å². The summed E-state index contributed by atoms with van der Waals surface area (Å²) in [5.74, 6) is 0.795. The van der Waals surface area contributed by atoms with Crippen molar-refractivity contribution in [2.45, 2.75) is 43.9 Å². The molecule has 1 aromatic carbocycles. The lowest BCUT2D eigenvalue weighted by molar-refractivity contribution is -0.143. The highest BCUT2D eigenvalue weighted by atomic mass is 35.5. The summed E-state index contributed by atoms with van der Waals surface area (Å²) in [5.41, 5.74) is 0.698. The number of hydrogen-bond acceptors (Lipinski definition) is 2. The monoisotopic (exact) mass is 360 g/mol. The number of rotatable bonds is 3. The molecule has 1 saturated heterocycles. The zero-order valence-electron chi connectivity index (χ0n) is 14.5. The topological polar surface area (TPSA) is 40.6 Å². The molecule has 0 atom stereocenters. The van der Waals surface area contributed by atoms with E-state index in [-0.39, 0.29) is 11.8 Å². The molecular formula is C20H25ClN2O2. The number of halogens is 1. The van der Waals surface area contributed by atoms with Crippen LogP contribution < -0.4 is 0 Å². The van der Waals surface area contributed by atoms with Crippen LogP contribution in [0.1, 0.15) is 44.1 Å². The second-order valence-electron chi connectivity index (χ2n) is 7.69. The fourth-order valence-corrected chi connectivity index (χ4v) is 4.52. The summed E-state index contributed by atoms with van der Waals surface area (Å²) in [6, 6.07) is 7.80. The first-order chi connectivity index (χ1) is 12.1. The van der Waals surface area contributed by atoms with Crippen LogP contribution in [0.2, 0.25) is 5.02 Å². The molecule has 25 heavy (non-hydrogen) atoms. The molecule has 0 radical (unpaired) electrons. The smallest absolute Gasteiger partial charge is 0.233 e. The van der Waals surface area contributed by atoms with E-state index in [1.54, 1.807) is 0 Å². The van der Waals surface area contributed by atoms with Crippen molar-refractivity contribution in [2.75, 3.05) is 26.2 Å². The van der Waals surface area contributed by atoms with Gasteiger partial charge < -0.3 is 9.80 Å². The Hall–Kier alpha value is -1.55. The minimum absolute atomic E-state index is 0.242. The SMILES string of the molecule is O=C(C1CC1)N1CCN(C(=O)C2(c3ccc(Cl)cc3)CCCC2)CC1. The highest BCUT2D eigenvalue weighted by molar-refractivity contribution is 6.30. The van der Waals surface area contributed by atoms with Crippen LogP contribution in [0, 0.1) is 5.92 Å². The quantitative estimate of drug-likeness (QED) is 0.830. The third kappa shape index (κ3) is 3.17. The van der Waals surface area contributed by atoms with Gasteiger partial charge in [-0.15, -0.1) is 0 Å². The average Bonchev–Trinajstić information content (AvgIpc) is 3.38. The Morgan fingerprint density at radius 2 is 1.48 bits per heavy atom. The number of benzene rings is 1. The normalized spacial score (nSPS) is 22.9. The number of hydrogen-bond donors (Lipinski definition) is 0. The van der Waals surface area contributed by atoms with E-state index in [4.69, 9.17) is 11.6 Å². The van der Waals surface area contributed by atoms with Gasteiger partial charge in [-0.05, 0) is 43.4 Å². The molecule has 3 fully saturated rings. The van der Waals surface area contributed by atoms with Gasteiger partial charge in [0.05, 0.1) is 5.41 Å². The lowest BCUT2D eigenvalue weighted by Crippen LogP contribution is -2.55. The standard InChI is InChI=1S/C20H25ClN2O2/c21-17-7-5-16(6-8-17)20(9-1-2-10-20)19(25)23-13-11-22(12-14-23)18(24)15-3-4-15/h5-8,15H,1-4,9-14H2. The van der Waals surface area contributed by atoms with Gasteiger partial charge in [-0.1, -0.05) is 36.6 Å². The van der Waals surface area contributed by atoms with Gasteiger partial charge in [-0.25, -0.2) is 0 Å². The largest absolute Gasteiger partial charge is 0.339 e. The minimum Gasteiger partial charge on any atom is -0.339 e. The molecule has 0 unspecified atom stereocenters. The van der Waals surface area contributed by atoms with Gasteiger partial charge in [0.25, 0.3) is 0 Å². The van der Waals surface area contributed by atoms with Gasteiger partial charge in [0, 0.05) is 37.1 Å². The molecule has 3 aliphatic rings. The summed E-state index contributed by atoms with van der Waals surface area (Å²) in [6.45, 7) is 2.68. The van der Waals surface area contributed by atoms with Crippen LogP contribution >= 0.6 is 11.6 Å². The Morgan fingerprint density at radius 1 is 0.920 bits per heavy atom. The second-order valence-corrected chi connectivity index (χ2v) is 8.12. The molecule has 4 rings (SSSR count).